The van der Waals surface area contributed by atoms with Crippen molar-refractivity contribution in [2.45, 2.75) is 43.6 Å². The lowest BCUT2D eigenvalue weighted by atomic mass is 10.0. The molecule has 0 amide bonds. The number of benzene rings is 5. The number of hydrogen-bond donors (Lipinski definition) is 0. The minimum absolute atomic E-state index is 0.0572. The molecular weight excluding hydrogens is 793 g/mol. The summed E-state index contributed by atoms with van der Waals surface area (Å²) in [4.78, 5) is 18.0. The molecular formula is C47H46N6O7S. The predicted molar refractivity (Wildman–Crippen MR) is 234 cm³/mol. The Bertz CT molecular complexity index is 2690. The van der Waals surface area contributed by atoms with Crippen LogP contribution in [0.2, 0.25) is 0 Å². The second-order valence-electron chi connectivity index (χ2n) is 14.8. The Labute approximate surface area is 355 Å². The number of nitro benzene ring substituents is 1. The van der Waals surface area contributed by atoms with E-state index < -0.39 is 26.7 Å². The van der Waals surface area contributed by atoms with Crippen LogP contribution in [0, 0.1) is 10.1 Å². The van der Waals surface area contributed by atoms with Crippen LogP contribution in [-0.2, 0) is 41.6 Å². The summed E-state index contributed by atoms with van der Waals surface area (Å²) >= 11 is 0. The van der Waals surface area contributed by atoms with Gasteiger partial charge in [-0.15, -0.1) is 0 Å². The van der Waals surface area contributed by atoms with Crippen LogP contribution in [-0.4, -0.2) is 64.7 Å². The van der Waals surface area contributed by atoms with Gasteiger partial charge in [0.2, 0.25) is 21.8 Å². The first kappa shape index (κ1) is 41.1. The number of piperidine rings is 1. The summed E-state index contributed by atoms with van der Waals surface area (Å²) in [5.74, 6) is 0.848. The van der Waals surface area contributed by atoms with E-state index in [1.807, 2.05) is 115 Å². The van der Waals surface area contributed by atoms with E-state index in [0.717, 1.165) is 44.5 Å². The van der Waals surface area contributed by atoms with Gasteiger partial charge in [0, 0.05) is 55.9 Å². The van der Waals surface area contributed by atoms with Gasteiger partial charge in [-0.1, -0.05) is 103 Å². The number of ether oxygens (including phenoxy) is 3. The van der Waals surface area contributed by atoms with Crippen LogP contribution in [0.5, 0.6) is 11.8 Å². The average molecular weight is 839 g/mol. The van der Waals surface area contributed by atoms with E-state index in [4.69, 9.17) is 24.3 Å². The number of aryl methyl sites for hydroxylation is 1. The molecule has 1 aliphatic heterocycles. The molecule has 14 heteroatoms. The van der Waals surface area contributed by atoms with Gasteiger partial charge in [0.05, 0.1) is 29.2 Å². The van der Waals surface area contributed by atoms with E-state index in [9.17, 15) is 18.5 Å². The molecule has 2 aromatic heterocycles. The van der Waals surface area contributed by atoms with Crippen LogP contribution in [0.15, 0.2) is 150 Å². The summed E-state index contributed by atoms with van der Waals surface area (Å²) in [5, 5.41) is 17.8. The highest BCUT2D eigenvalue weighted by atomic mass is 32.2. The summed E-state index contributed by atoms with van der Waals surface area (Å²) in [6.07, 6.45) is 1.03. The number of nitrogens with zero attached hydrogens (tertiary/aromatic N) is 6. The summed E-state index contributed by atoms with van der Waals surface area (Å²) in [6, 6.07) is 44.6. The molecule has 0 aliphatic carbocycles. The van der Waals surface area contributed by atoms with E-state index in [1.165, 1.54) is 28.6 Å². The van der Waals surface area contributed by atoms with Gasteiger partial charge in [-0.25, -0.2) is 8.42 Å². The van der Waals surface area contributed by atoms with Crippen molar-refractivity contribution in [3.63, 3.8) is 0 Å². The minimum atomic E-state index is -4.25. The Morgan fingerprint density at radius 1 is 0.754 bits per heavy atom. The lowest BCUT2D eigenvalue weighted by molar-refractivity contribution is -0.387. The smallest absolute Gasteiger partial charge is 0.289 e. The first-order chi connectivity index (χ1) is 29.7. The van der Waals surface area contributed by atoms with E-state index >= 15 is 0 Å². The molecule has 0 N–H and O–H groups in total. The molecule has 1 fully saturated rings. The van der Waals surface area contributed by atoms with Crippen molar-refractivity contribution in [3.8, 4) is 23.0 Å². The SMILES string of the molecule is Cn1nc(-c2ccc(OCc3ccccc3)nc2OCc2ccccc2)c2ccc(N3CCC(N(CCOCc4ccccc4)S(=O)(=O)c4ccccc4[N+](=O)[O-])CC3)cc21. The molecule has 1 saturated heterocycles. The van der Waals surface area contributed by atoms with Crippen molar-refractivity contribution in [2.75, 3.05) is 31.1 Å². The van der Waals surface area contributed by atoms with Crippen molar-refractivity contribution in [3.05, 3.63) is 172 Å². The number of nitro groups is 1. The van der Waals surface area contributed by atoms with Gasteiger partial charge in [0.15, 0.2) is 4.90 Å². The van der Waals surface area contributed by atoms with Crippen LogP contribution >= 0.6 is 0 Å². The van der Waals surface area contributed by atoms with Gasteiger partial charge in [0.1, 0.15) is 18.9 Å². The maximum absolute atomic E-state index is 14.2. The van der Waals surface area contributed by atoms with Crippen LogP contribution in [0.1, 0.15) is 29.5 Å². The van der Waals surface area contributed by atoms with Gasteiger partial charge >= 0.3 is 0 Å². The number of anilines is 1. The Morgan fingerprint density at radius 3 is 2.02 bits per heavy atom. The fourth-order valence-electron chi connectivity index (χ4n) is 7.68. The fraction of sp³-hybridized carbons (Fsp3) is 0.234. The van der Waals surface area contributed by atoms with Crippen LogP contribution in [0.4, 0.5) is 11.4 Å². The molecule has 0 spiro atoms. The van der Waals surface area contributed by atoms with Gasteiger partial charge in [-0.3, -0.25) is 14.8 Å². The second-order valence-corrected chi connectivity index (χ2v) is 16.7. The third-order valence-corrected chi connectivity index (χ3v) is 12.8. The number of aromatic nitrogens is 3. The molecule has 0 atom stereocenters. The molecule has 312 valence electrons. The third-order valence-electron chi connectivity index (χ3n) is 10.8. The molecule has 13 nitrogen and oxygen atoms in total. The van der Waals surface area contributed by atoms with Crippen LogP contribution in [0.25, 0.3) is 22.2 Å². The molecule has 0 radical (unpaired) electrons. The number of hydrogen-bond acceptors (Lipinski definition) is 10. The summed E-state index contributed by atoms with van der Waals surface area (Å²) in [5.41, 5.74) is 5.89. The zero-order valence-electron chi connectivity index (χ0n) is 33.7. The van der Waals surface area contributed by atoms with Crippen molar-refractivity contribution >= 4 is 32.3 Å². The average Bonchev–Trinajstić information content (AvgIpc) is 3.63. The summed E-state index contributed by atoms with van der Waals surface area (Å²) < 4.78 is 50.1. The normalized spacial score (nSPS) is 13.4. The number of pyridine rings is 1. The molecule has 5 aromatic carbocycles. The Hall–Kier alpha value is -6.61. The molecule has 61 heavy (non-hydrogen) atoms. The lowest BCUT2D eigenvalue weighted by Gasteiger charge is -2.38. The highest BCUT2D eigenvalue weighted by molar-refractivity contribution is 7.89. The molecule has 3 heterocycles. The van der Waals surface area contributed by atoms with Crippen molar-refractivity contribution in [2.24, 2.45) is 7.05 Å². The Balaban J connectivity index is 1.01. The zero-order chi connectivity index (χ0) is 42.2. The van der Waals surface area contributed by atoms with E-state index in [1.54, 1.807) is 0 Å². The van der Waals surface area contributed by atoms with E-state index in [0.29, 0.717) is 57.5 Å². The lowest BCUT2D eigenvalue weighted by Crippen LogP contribution is -2.48. The van der Waals surface area contributed by atoms with Gasteiger partial charge in [0.25, 0.3) is 5.69 Å². The predicted octanol–water partition coefficient (Wildman–Crippen LogP) is 8.58. The number of sulfonamides is 1. The first-order valence-corrected chi connectivity index (χ1v) is 21.6. The van der Waals surface area contributed by atoms with Crippen molar-refractivity contribution < 1.29 is 27.6 Å². The highest BCUT2D eigenvalue weighted by Gasteiger charge is 2.37. The molecule has 7 aromatic rings. The van der Waals surface area contributed by atoms with Crippen molar-refractivity contribution in [1.29, 1.82) is 0 Å². The fourth-order valence-corrected chi connectivity index (χ4v) is 9.50. The third kappa shape index (κ3) is 9.57. The van der Waals surface area contributed by atoms with E-state index in [2.05, 4.69) is 23.1 Å². The summed E-state index contributed by atoms with van der Waals surface area (Å²) in [7, 11) is -2.34. The van der Waals surface area contributed by atoms with Crippen LogP contribution in [0.3, 0.4) is 0 Å². The minimum Gasteiger partial charge on any atom is -0.473 e. The topological polar surface area (TPSA) is 142 Å². The Morgan fingerprint density at radius 2 is 1.36 bits per heavy atom. The highest BCUT2D eigenvalue weighted by Crippen LogP contribution is 2.37. The number of rotatable bonds is 17. The second kappa shape index (κ2) is 18.8. The molecule has 1 aliphatic rings. The molecule has 0 saturated carbocycles. The van der Waals surface area contributed by atoms with Crippen LogP contribution < -0.4 is 14.4 Å². The van der Waals surface area contributed by atoms with Gasteiger partial charge < -0.3 is 19.1 Å². The molecule has 0 bridgehead atoms. The van der Waals surface area contributed by atoms with Gasteiger partial charge in [-0.2, -0.15) is 14.4 Å². The monoisotopic (exact) mass is 838 g/mol. The quantitative estimate of drug-likeness (QED) is 0.0497. The number of para-hydroxylation sites is 1. The van der Waals surface area contributed by atoms with E-state index in [-0.39, 0.29) is 18.0 Å². The molecule has 0 unspecified atom stereocenters. The summed E-state index contributed by atoms with van der Waals surface area (Å²) in [6.45, 7) is 2.33. The van der Waals surface area contributed by atoms with Crippen molar-refractivity contribution in [1.82, 2.24) is 19.1 Å². The maximum Gasteiger partial charge on any atom is 0.289 e. The zero-order valence-corrected chi connectivity index (χ0v) is 34.6. The maximum atomic E-state index is 14.2. The first-order valence-electron chi connectivity index (χ1n) is 20.2. The largest absolute Gasteiger partial charge is 0.473 e. The molecule has 8 rings (SSSR count). The standard InChI is InChI=1S/C47H46N6O7S/c1-50-43-31-39(21-22-40(43)46(49-50)41-23-24-45(59-33-36-15-7-3-8-16-36)48-47(41)60-34-37-17-9-4-10-18-37)51-27-25-38(26-28-51)52(29-30-58-32-35-13-5-2-6-14-35)61(56,57)44-20-12-11-19-42(44)53(54)55/h2-24,31,38H,25-30,32-34H2,1H3. The van der Waals surface area contributed by atoms with Gasteiger partial charge in [-0.05, 0) is 59.9 Å². The number of fused-ring (bicyclic) bond motifs is 1. The Kier molecular flexibility index (Phi) is 12.6.